The molecular weight excluding hydrogens is 264 g/mol. The second kappa shape index (κ2) is 7.00. The predicted octanol–water partition coefficient (Wildman–Crippen LogP) is 4.10. The molecule has 0 atom stereocenters. The van der Waals surface area contributed by atoms with E-state index in [-0.39, 0.29) is 0 Å². The van der Waals surface area contributed by atoms with Crippen molar-refractivity contribution in [1.82, 2.24) is 10.3 Å². The number of nitrogens with one attached hydrogen (secondary N) is 1. The van der Waals surface area contributed by atoms with Gasteiger partial charge in [0.25, 0.3) is 0 Å². The first kappa shape index (κ1) is 15.2. The molecule has 0 saturated heterocycles. The van der Waals surface area contributed by atoms with Gasteiger partial charge in [0.1, 0.15) is 0 Å². The van der Waals surface area contributed by atoms with E-state index in [0.717, 1.165) is 19.5 Å². The fourth-order valence-electron chi connectivity index (χ4n) is 2.17. The van der Waals surface area contributed by atoms with Crippen LogP contribution in [0.4, 0.5) is 0 Å². The van der Waals surface area contributed by atoms with Gasteiger partial charge in [0.2, 0.25) is 0 Å². The van der Waals surface area contributed by atoms with Crippen molar-refractivity contribution >= 4 is 11.3 Å². The molecule has 1 aromatic heterocycles. The Morgan fingerprint density at radius 2 is 1.95 bits per heavy atom. The topological polar surface area (TPSA) is 24.9 Å². The van der Waals surface area contributed by atoms with Crippen molar-refractivity contribution in [3.8, 4) is 0 Å². The minimum Gasteiger partial charge on any atom is -0.312 e. The average Bonchev–Trinajstić information content (AvgIpc) is 2.72. The number of hydrogen-bond acceptors (Lipinski definition) is 3. The Bertz CT molecular complexity index is 558. The van der Waals surface area contributed by atoms with E-state index in [2.05, 4.69) is 57.3 Å². The van der Waals surface area contributed by atoms with Gasteiger partial charge in [0, 0.05) is 17.8 Å². The third-order valence-corrected chi connectivity index (χ3v) is 4.54. The van der Waals surface area contributed by atoms with Crippen LogP contribution in [-0.4, -0.2) is 11.5 Å². The summed E-state index contributed by atoms with van der Waals surface area (Å²) in [6.07, 6.45) is 0.947. The SMILES string of the molecule is Cc1ccccc1Cc1nc(C)c(CNCC(C)C)s1. The van der Waals surface area contributed by atoms with Crippen LogP contribution < -0.4 is 5.32 Å². The molecule has 0 fully saturated rings. The number of aryl methyl sites for hydroxylation is 2. The van der Waals surface area contributed by atoms with Crippen LogP contribution in [0.2, 0.25) is 0 Å². The van der Waals surface area contributed by atoms with Crippen LogP contribution in [0, 0.1) is 19.8 Å². The molecule has 0 spiro atoms. The molecule has 20 heavy (non-hydrogen) atoms. The van der Waals surface area contributed by atoms with Crippen molar-refractivity contribution < 1.29 is 0 Å². The lowest BCUT2D eigenvalue weighted by Crippen LogP contribution is -2.18. The standard InChI is InChI=1S/C17H24N2S/c1-12(2)10-18-11-16-14(4)19-17(20-16)9-15-8-6-5-7-13(15)3/h5-8,12,18H,9-11H2,1-4H3. The Kier molecular flexibility index (Phi) is 5.32. The molecule has 2 aromatic rings. The highest BCUT2D eigenvalue weighted by molar-refractivity contribution is 7.11. The van der Waals surface area contributed by atoms with Gasteiger partial charge in [0.15, 0.2) is 0 Å². The molecule has 0 saturated carbocycles. The second-order valence-electron chi connectivity index (χ2n) is 5.74. The van der Waals surface area contributed by atoms with Gasteiger partial charge in [0.05, 0.1) is 10.7 Å². The van der Waals surface area contributed by atoms with Gasteiger partial charge >= 0.3 is 0 Å². The van der Waals surface area contributed by atoms with Crippen molar-refractivity contribution in [2.75, 3.05) is 6.54 Å². The van der Waals surface area contributed by atoms with Crippen molar-refractivity contribution in [2.45, 2.75) is 40.7 Å². The molecule has 108 valence electrons. The molecular formula is C17H24N2S. The molecule has 1 N–H and O–H groups in total. The lowest BCUT2D eigenvalue weighted by atomic mass is 10.1. The van der Waals surface area contributed by atoms with Crippen LogP contribution in [0.1, 0.15) is 40.6 Å². The van der Waals surface area contributed by atoms with Gasteiger partial charge < -0.3 is 5.32 Å². The number of thiazole rings is 1. The van der Waals surface area contributed by atoms with Crippen molar-refractivity contribution in [2.24, 2.45) is 5.92 Å². The Labute approximate surface area is 126 Å². The molecule has 1 heterocycles. The smallest absolute Gasteiger partial charge is 0.0975 e. The van der Waals surface area contributed by atoms with E-state index < -0.39 is 0 Å². The van der Waals surface area contributed by atoms with Crippen LogP contribution in [-0.2, 0) is 13.0 Å². The third-order valence-electron chi connectivity index (χ3n) is 3.38. The van der Waals surface area contributed by atoms with E-state index in [0.29, 0.717) is 5.92 Å². The molecule has 0 aliphatic heterocycles. The van der Waals surface area contributed by atoms with E-state index in [1.54, 1.807) is 0 Å². The van der Waals surface area contributed by atoms with E-state index >= 15 is 0 Å². The summed E-state index contributed by atoms with van der Waals surface area (Å²) >= 11 is 1.84. The molecule has 0 unspecified atom stereocenters. The van der Waals surface area contributed by atoms with E-state index in [9.17, 15) is 0 Å². The largest absolute Gasteiger partial charge is 0.312 e. The molecule has 2 nitrogen and oxygen atoms in total. The van der Waals surface area contributed by atoms with Gasteiger partial charge in [-0.2, -0.15) is 0 Å². The van der Waals surface area contributed by atoms with Crippen LogP contribution in [0.3, 0.4) is 0 Å². The summed E-state index contributed by atoms with van der Waals surface area (Å²) < 4.78 is 0. The highest BCUT2D eigenvalue weighted by Gasteiger charge is 2.09. The number of rotatable bonds is 6. The van der Waals surface area contributed by atoms with Gasteiger partial charge in [-0.05, 0) is 37.4 Å². The normalized spacial score (nSPS) is 11.2. The average molecular weight is 288 g/mol. The zero-order chi connectivity index (χ0) is 14.5. The molecule has 0 aliphatic rings. The highest BCUT2D eigenvalue weighted by atomic mass is 32.1. The molecule has 0 amide bonds. The van der Waals surface area contributed by atoms with Crippen LogP contribution >= 0.6 is 11.3 Å². The first-order valence-corrected chi connectivity index (χ1v) is 8.08. The maximum atomic E-state index is 4.72. The van der Waals surface area contributed by atoms with Gasteiger partial charge in [-0.15, -0.1) is 11.3 Å². The minimum atomic E-state index is 0.690. The Balaban J connectivity index is 2.02. The molecule has 3 heteroatoms. The number of benzene rings is 1. The zero-order valence-electron chi connectivity index (χ0n) is 12.9. The Hall–Kier alpha value is -1.19. The van der Waals surface area contributed by atoms with Gasteiger partial charge in [-0.1, -0.05) is 38.1 Å². The maximum absolute atomic E-state index is 4.72. The van der Waals surface area contributed by atoms with E-state index in [1.807, 2.05) is 11.3 Å². The monoisotopic (exact) mass is 288 g/mol. The number of aromatic nitrogens is 1. The second-order valence-corrected chi connectivity index (χ2v) is 6.91. The van der Waals surface area contributed by atoms with Crippen molar-refractivity contribution in [1.29, 1.82) is 0 Å². The summed E-state index contributed by atoms with van der Waals surface area (Å²) in [5, 5.41) is 4.72. The summed E-state index contributed by atoms with van der Waals surface area (Å²) in [4.78, 5) is 6.09. The minimum absolute atomic E-state index is 0.690. The molecule has 2 rings (SSSR count). The van der Waals surface area contributed by atoms with Gasteiger partial charge in [-0.25, -0.2) is 4.98 Å². The number of hydrogen-bond donors (Lipinski definition) is 1. The summed E-state index contributed by atoms with van der Waals surface area (Å²) in [6, 6.07) is 8.56. The maximum Gasteiger partial charge on any atom is 0.0975 e. The van der Waals surface area contributed by atoms with E-state index in [1.165, 1.54) is 26.7 Å². The molecule has 1 aromatic carbocycles. The first-order chi connectivity index (χ1) is 9.56. The summed E-state index contributed by atoms with van der Waals surface area (Å²) in [5.74, 6) is 0.690. The first-order valence-electron chi connectivity index (χ1n) is 7.26. The Morgan fingerprint density at radius 1 is 1.20 bits per heavy atom. The summed E-state index contributed by atoms with van der Waals surface area (Å²) in [7, 11) is 0. The Morgan fingerprint density at radius 3 is 2.65 bits per heavy atom. The lowest BCUT2D eigenvalue weighted by molar-refractivity contribution is 0.554. The van der Waals surface area contributed by atoms with Crippen molar-refractivity contribution in [3.05, 3.63) is 51.0 Å². The predicted molar refractivity (Wildman–Crippen MR) is 87.4 cm³/mol. The third kappa shape index (κ3) is 4.15. The lowest BCUT2D eigenvalue weighted by Gasteiger charge is -2.05. The van der Waals surface area contributed by atoms with Gasteiger partial charge in [-0.3, -0.25) is 0 Å². The molecule has 0 aliphatic carbocycles. The molecule has 0 radical (unpaired) electrons. The quantitative estimate of drug-likeness (QED) is 0.865. The fourth-order valence-corrected chi connectivity index (χ4v) is 3.24. The molecule has 0 bridgehead atoms. The van der Waals surface area contributed by atoms with Crippen LogP contribution in [0.25, 0.3) is 0 Å². The van der Waals surface area contributed by atoms with Crippen molar-refractivity contribution in [3.63, 3.8) is 0 Å². The number of nitrogens with zero attached hydrogens (tertiary/aromatic N) is 1. The summed E-state index contributed by atoms with van der Waals surface area (Å²) in [6.45, 7) is 10.7. The summed E-state index contributed by atoms with van der Waals surface area (Å²) in [5.41, 5.74) is 3.90. The van der Waals surface area contributed by atoms with Crippen LogP contribution in [0.15, 0.2) is 24.3 Å². The van der Waals surface area contributed by atoms with Crippen LogP contribution in [0.5, 0.6) is 0 Å². The highest BCUT2D eigenvalue weighted by Crippen LogP contribution is 2.22. The van der Waals surface area contributed by atoms with E-state index in [4.69, 9.17) is 4.98 Å². The fraction of sp³-hybridized carbons (Fsp3) is 0.471. The zero-order valence-corrected chi connectivity index (χ0v) is 13.7.